The summed E-state index contributed by atoms with van der Waals surface area (Å²) in [4.78, 5) is 17.1. The molecule has 146 valence electrons. The van der Waals surface area contributed by atoms with Crippen LogP contribution in [0.1, 0.15) is 34.7 Å². The van der Waals surface area contributed by atoms with Crippen molar-refractivity contribution >= 4 is 33.3 Å². The molecule has 1 atom stereocenters. The van der Waals surface area contributed by atoms with Gasteiger partial charge in [0.2, 0.25) is 11.0 Å². The van der Waals surface area contributed by atoms with Gasteiger partial charge in [-0.2, -0.15) is 9.78 Å². The molecular formula is C21H16F2N4OS. The SMILES string of the molecule is Cc1ccc2nc(-n3nc(C)c4c3NC(=O)C[C@H]4c3ccc(F)c(F)c3)sc2c1. The number of anilines is 1. The molecule has 0 saturated carbocycles. The molecule has 0 unspecified atom stereocenters. The van der Waals surface area contributed by atoms with Crippen molar-refractivity contribution in [3.05, 3.63) is 70.4 Å². The molecule has 4 aromatic rings. The number of nitrogens with one attached hydrogen (secondary N) is 1. The van der Waals surface area contributed by atoms with E-state index in [4.69, 9.17) is 0 Å². The summed E-state index contributed by atoms with van der Waals surface area (Å²) >= 11 is 1.48. The minimum Gasteiger partial charge on any atom is -0.310 e. The summed E-state index contributed by atoms with van der Waals surface area (Å²) in [5, 5.41) is 8.14. The molecule has 1 amide bonds. The third-order valence-corrected chi connectivity index (χ3v) is 6.16. The Morgan fingerprint density at radius 3 is 2.76 bits per heavy atom. The van der Waals surface area contributed by atoms with Gasteiger partial charge < -0.3 is 5.32 Å². The van der Waals surface area contributed by atoms with E-state index in [1.165, 1.54) is 17.4 Å². The van der Waals surface area contributed by atoms with Crippen molar-refractivity contribution in [2.45, 2.75) is 26.2 Å². The Kier molecular flexibility index (Phi) is 3.99. The molecule has 0 fully saturated rings. The topological polar surface area (TPSA) is 59.8 Å². The van der Waals surface area contributed by atoms with E-state index in [2.05, 4.69) is 21.5 Å². The van der Waals surface area contributed by atoms with Crippen LogP contribution in [0.3, 0.4) is 0 Å². The molecule has 5 rings (SSSR count). The number of nitrogens with zero attached hydrogens (tertiary/aromatic N) is 3. The van der Waals surface area contributed by atoms with E-state index in [0.717, 1.165) is 33.5 Å². The van der Waals surface area contributed by atoms with Crippen molar-refractivity contribution in [2.24, 2.45) is 0 Å². The highest BCUT2D eigenvalue weighted by Crippen LogP contribution is 2.41. The number of hydrogen-bond donors (Lipinski definition) is 1. The number of carbonyl (C=O) groups is 1. The summed E-state index contributed by atoms with van der Waals surface area (Å²) in [5.41, 5.74) is 4.05. The molecule has 3 heterocycles. The lowest BCUT2D eigenvalue weighted by molar-refractivity contribution is -0.116. The second-order valence-corrected chi connectivity index (χ2v) is 8.21. The van der Waals surface area contributed by atoms with Crippen LogP contribution in [-0.4, -0.2) is 20.7 Å². The molecule has 0 bridgehead atoms. The van der Waals surface area contributed by atoms with E-state index in [1.807, 2.05) is 26.0 Å². The second kappa shape index (κ2) is 6.45. The molecule has 0 saturated heterocycles. The zero-order chi connectivity index (χ0) is 20.3. The van der Waals surface area contributed by atoms with Crippen LogP contribution in [-0.2, 0) is 4.79 Å². The van der Waals surface area contributed by atoms with Gasteiger partial charge >= 0.3 is 0 Å². The van der Waals surface area contributed by atoms with Gasteiger partial charge in [-0.15, -0.1) is 0 Å². The standard InChI is InChI=1S/C21H16F2N4OS/c1-10-3-6-16-17(7-10)29-21(24-16)27-20-19(11(2)26-27)13(9-18(28)25-20)12-4-5-14(22)15(23)8-12/h3-8,13H,9H2,1-2H3,(H,25,28)/t13-/m0/s1. The Morgan fingerprint density at radius 2 is 1.97 bits per heavy atom. The normalized spacial score (nSPS) is 16.1. The van der Waals surface area contributed by atoms with Crippen molar-refractivity contribution in [2.75, 3.05) is 5.32 Å². The highest BCUT2D eigenvalue weighted by molar-refractivity contribution is 7.20. The quantitative estimate of drug-likeness (QED) is 0.514. The number of carbonyl (C=O) groups excluding carboxylic acids is 1. The average Bonchev–Trinajstić information content (AvgIpc) is 3.24. The van der Waals surface area contributed by atoms with Gasteiger partial charge in [-0.3, -0.25) is 4.79 Å². The maximum absolute atomic E-state index is 13.8. The van der Waals surface area contributed by atoms with Crippen LogP contribution in [0.5, 0.6) is 0 Å². The molecule has 29 heavy (non-hydrogen) atoms. The molecule has 1 aliphatic heterocycles. The largest absolute Gasteiger partial charge is 0.310 e. The molecule has 2 aromatic heterocycles. The number of benzene rings is 2. The van der Waals surface area contributed by atoms with Gasteiger partial charge in [0, 0.05) is 17.9 Å². The zero-order valence-electron chi connectivity index (χ0n) is 15.7. The number of thiazole rings is 1. The maximum atomic E-state index is 13.8. The van der Waals surface area contributed by atoms with Crippen molar-refractivity contribution in [3.8, 4) is 5.13 Å². The van der Waals surface area contributed by atoms with E-state index in [1.54, 1.807) is 4.68 Å². The fourth-order valence-corrected chi connectivity index (χ4v) is 4.83. The van der Waals surface area contributed by atoms with E-state index in [9.17, 15) is 13.6 Å². The van der Waals surface area contributed by atoms with Crippen molar-refractivity contribution < 1.29 is 13.6 Å². The number of amides is 1. The van der Waals surface area contributed by atoms with Crippen LogP contribution in [0.2, 0.25) is 0 Å². The van der Waals surface area contributed by atoms with Gasteiger partial charge in [-0.05, 0) is 49.2 Å². The molecular weight excluding hydrogens is 394 g/mol. The number of rotatable bonds is 2. The van der Waals surface area contributed by atoms with Gasteiger partial charge in [0.05, 0.1) is 15.9 Å². The lowest BCUT2D eigenvalue weighted by Gasteiger charge is -2.24. The number of halogens is 2. The Bertz CT molecular complexity index is 1290. The maximum Gasteiger partial charge on any atom is 0.226 e. The number of fused-ring (bicyclic) bond motifs is 2. The molecule has 0 aliphatic carbocycles. The second-order valence-electron chi connectivity index (χ2n) is 7.21. The Morgan fingerprint density at radius 1 is 1.14 bits per heavy atom. The van der Waals surface area contributed by atoms with E-state index >= 15 is 0 Å². The highest BCUT2D eigenvalue weighted by Gasteiger charge is 2.33. The zero-order valence-corrected chi connectivity index (χ0v) is 16.5. The summed E-state index contributed by atoms with van der Waals surface area (Å²) in [6.45, 7) is 3.86. The number of hydrogen-bond acceptors (Lipinski definition) is 4. The first-order chi connectivity index (χ1) is 13.9. The summed E-state index contributed by atoms with van der Waals surface area (Å²) < 4.78 is 29.9. The van der Waals surface area contributed by atoms with E-state index < -0.39 is 17.6 Å². The molecule has 0 spiro atoms. The number of aryl methyl sites for hydroxylation is 2. The Balaban J connectivity index is 1.67. The predicted molar refractivity (Wildman–Crippen MR) is 108 cm³/mol. The van der Waals surface area contributed by atoms with Crippen molar-refractivity contribution in [3.63, 3.8) is 0 Å². The lowest BCUT2D eigenvalue weighted by Crippen LogP contribution is -2.25. The first kappa shape index (κ1) is 17.9. The van der Waals surface area contributed by atoms with Crippen molar-refractivity contribution in [1.29, 1.82) is 0 Å². The van der Waals surface area contributed by atoms with Gasteiger partial charge in [-0.25, -0.2) is 13.8 Å². The van der Waals surface area contributed by atoms with Gasteiger partial charge in [0.25, 0.3) is 0 Å². The predicted octanol–water partition coefficient (Wildman–Crippen LogP) is 4.85. The first-order valence-electron chi connectivity index (χ1n) is 9.12. The number of aromatic nitrogens is 3. The summed E-state index contributed by atoms with van der Waals surface area (Å²) in [5.74, 6) is -1.91. The van der Waals surface area contributed by atoms with E-state index in [0.29, 0.717) is 22.2 Å². The molecule has 8 heteroatoms. The van der Waals surface area contributed by atoms with Crippen LogP contribution >= 0.6 is 11.3 Å². The molecule has 0 radical (unpaired) electrons. The Hall–Kier alpha value is -3.13. The first-order valence-corrected chi connectivity index (χ1v) is 9.94. The van der Waals surface area contributed by atoms with Crippen molar-refractivity contribution in [1.82, 2.24) is 14.8 Å². The third kappa shape index (κ3) is 2.91. The van der Waals surface area contributed by atoms with Gasteiger partial charge in [-0.1, -0.05) is 23.5 Å². The van der Waals surface area contributed by atoms with Crippen LogP contribution in [0, 0.1) is 25.5 Å². The fourth-order valence-electron chi connectivity index (χ4n) is 3.81. The highest BCUT2D eigenvalue weighted by atomic mass is 32.1. The summed E-state index contributed by atoms with van der Waals surface area (Å²) in [7, 11) is 0. The average molecular weight is 410 g/mol. The van der Waals surface area contributed by atoms with Gasteiger partial charge in [0.1, 0.15) is 5.82 Å². The van der Waals surface area contributed by atoms with Crippen LogP contribution in [0.25, 0.3) is 15.3 Å². The van der Waals surface area contributed by atoms with Crippen LogP contribution in [0.4, 0.5) is 14.6 Å². The molecule has 5 nitrogen and oxygen atoms in total. The Labute approximate surface area is 169 Å². The fraction of sp³-hybridized carbons (Fsp3) is 0.190. The minimum atomic E-state index is -0.929. The monoisotopic (exact) mass is 410 g/mol. The summed E-state index contributed by atoms with van der Waals surface area (Å²) in [6, 6.07) is 9.77. The van der Waals surface area contributed by atoms with Gasteiger partial charge in [0.15, 0.2) is 11.6 Å². The molecule has 1 aliphatic rings. The van der Waals surface area contributed by atoms with Crippen LogP contribution in [0.15, 0.2) is 36.4 Å². The minimum absolute atomic E-state index is 0.143. The van der Waals surface area contributed by atoms with E-state index in [-0.39, 0.29) is 12.3 Å². The lowest BCUT2D eigenvalue weighted by atomic mass is 9.86. The third-order valence-electron chi connectivity index (χ3n) is 5.16. The molecule has 1 N–H and O–H groups in total. The molecule has 2 aromatic carbocycles. The van der Waals surface area contributed by atoms with Crippen LogP contribution < -0.4 is 5.32 Å². The smallest absolute Gasteiger partial charge is 0.226 e. The summed E-state index contributed by atoms with van der Waals surface area (Å²) in [6.07, 6.45) is 0.143.